The van der Waals surface area contributed by atoms with Gasteiger partial charge in [0.1, 0.15) is 5.90 Å². The molecule has 0 unspecified atom stereocenters. The summed E-state index contributed by atoms with van der Waals surface area (Å²) in [7, 11) is 1.96. The average Bonchev–Trinajstić information content (AvgIpc) is 2.56. The predicted molar refractivity (Wildman–Crippen MR) is 50.8 cm³/mol. The molecule has 0 atom stereocenters. The second-order valence-electron chi connectivity index (χ2n) is 3.94. The van der Waals surface area contributed by atoms with E-state index in [1.165, 1.54) is 0 Å². The first kappa shape index (κ1) is 11.4. The van der Waals surface area contributed by atoms with Crippen LogP contribution in [-0.2, 0) is 11.8 Å². The molecule has 0 bridgehead atoms. The first-order valence-electron chi connectivity index (χ1n) is 4.34. The van der Waals surface area contributed by atoms with Gasteiger partial charge in [0.25, 0.3) is 0 Å². The molecule has 14 heavy (non-hydrogen) atoms. The molecule has 0 radical (unpaired) electrons. The van der Waals surface area contributed by atoms with Crippen LogP contribution in [0.4, 0.5) is 0 Å². The summed E-state index contributed by atoms with van der Waals surface area (Å²) in [6.45, 7) is 4.77. The molecule has 1 aliphatic heterocycles. The molecule has 0 N–H and O–H groups in total. The molecule has 4 heteroatoms. The molecule has 1 aliphatic rings. The number of hydrogen-bond acceptors (Lipinski definition) is 2. The van der Waals surface area contributed by atoms with Crippen LogP contribution >= 0.6 is 0 Å². The van der Waals surface area contributed by atoms with Crippen LogP contribution in [0.5, 0.6) is 0 Å². The number of rotatable bonds is 1. The Kier molecular flexibility index (Phi) is 3.13. The average molecular weight is 184 g/mol. The largest absolute Gasteiger partial charge is 1.00 e. The van der Waals surface area contributed by atoms with Gasteiger partial charge >= 0.3 is 18.9 Å². The van der Waals surface area contributed by atoms with Gasteiger partial charge in [-0.2, -0.15) is 12.1 Å². The monoisotopic (exact) mass is 184 g/mol. The van der Waals surface area contributed by atoms with Crippen molar-refractivity contribution in [1.29, 1.82) is 0 Å². The second-order valence-corrected chi connectivity index (χ2v) is 3.94. The number of aromatic nitrogens is 1. The second kappa shape index (κ2) is 3.84. The van der Waals surface area contributed by atoms with E-state index in [1.54, 1.807) is 0 Å². The molecule has 0 aliphatic carbocycles. The summed E-state index contributed by atoms with van der Waals surface area (Å²) < 4.78 is 7.45. The standard InChI is InChI=1S/C10H13N2O.Li/c1-10(2)7-13-9(11-10)8-5-4-6-12(8)3;/h4,6H,7H2,1-3H3;/q-1;+1. The van der Waals surface area contributed by atoms with Gasteiger partial charge in [0.2, 0.25) is 0 Å². The molecule has 1 aromatic rings. The molecular weight excluding hydrogens is 171 g/mol. The Bertz CT molecular complexity index is 355. The van der Waals surface area contributed by atoms with Gasteiger partial charge in [-0.3, -0.25) is 0 Å². The summed E-state index contributed by atoms with van der Waals surface area (Å²) in [5.41, 5.74) is 0.832. The number of aliphatic imine (C=N–C) groups is 1. The zero-order valence-corrected chi connectivity index (χ0v) is 9.16. The van der Waals surface area contributed by atoms with Crippen LogP contribution in [0.3, 0.4) is 0 Å². The van der Waals surface area contributed by atoms with E-state index in [0.717, 1.165) is 5.69 Å². The van der Waals surface area contributed by atoms with Crippen molar-refractivity contribution in [2.75, 3.05) is 6.61 Å². The zero-order valence-electron chi connectivity index (χ0n) is 9.16. The molecule has 2 rings (SSSR count). The van der Waals surface area contributed by atoms with Crippen LogP contribution in [0.2, 0.25) is 0 Å². The summed E-state index contributed by atoms with van der Waals surface area (Å²) in [5.74, 6) is 0.706. The van der Waals surface area contributed by atoms with Crippen molar-refractivity contribution in [3.63, 3.8) is 0 Å². The number of hydrogen-bond donors (Lipinski definition) is 0. The molecule has 2 heterocycles. The van der Waals surface area contributed by atoms with E-state index in [2.05, 4.69) is 24.9 Å². The Morgan fingerprint density at radius 1 is 1.57 bits per heavy atom. The van der Waals surface area contributed by atoms with E-state index in [9.17, 15) is 0 Å². The van der Waals surface area contributed by atoms with Crippen LogP contribution in [-0.4, -0.2) is 22.6 Å². The molecule has 1 aromatic heterocycles. The van der Waals surface area contributed by atoms with Gasteiger partial charge in [-0.05, 0) is 26.6 Å². The van der Waals surface area contributed by atoms with Crippen LogP contribution in [0, 0.1) is 6.07 Å². The Morgan fingerprint density at radius 2 is 2.29 bits per heavy atom. The molecule has 0 saturated heterocycles. The maximum absolute atomic E-state index is 5.49. The van der Waals surface area contributed by atoms with Gasteiger partial charge < -0.3 is 14.3 Å². The van der Waals surface area contributed by atoms with Crippen molar-refractivity contribution < 1.29 is 23.6 Å². The summed E-state index contributed by atoms with van der Waals surface area (Å²) in [6.07, 6.45) is 1.94. The quantitative estimate of drug-likeness (QED) is 0.381. The minimum atomic E-state index is -0.0898. The Morgan fingerprint density at radius 3 is 2.71 bits per heavy atom. The van der Waals surface area contributed by atoms with Crippen LogP contribution in [0.25, 0.3) is 0 Å². The molecule has 0 saturated carbocycles. The van der Waals surface area contributed by atoms with Crippen LogP contribution < -0.4 is 18.9 Å². The van der Waals surface area contributed by atoms with Crippen molar-refractivity contribution in [2.24, 2.45) is 12.0 Å². The van der Waals surface area contributed by atoms with Gasteiger partial charge in [-0.1, -0.05) is 6.20 Å². The molecule has 0 aromatic carbocycles. The normalized spacial score (nSPS) is 18.4. The van der Waals surface area contributed by atoms with E-state index in [4.69, 9.17) is 4.74 Å². The van der Waals surface area contributed by atoms with Gasteiger partial charge in [0, 0.05) is 0 Å². The fourth-order valence-electron chi connectivity index (χ4n) is 1.32. The van der Waals surface area contributed by atoms with Gasteiger partial charge in [0.15, 0.2) is 0 Å². The van der Waals surface area contributed by atoms with Gasteiger partial charge in [-0.25, -0.2) is 0 Å². The van der Waals surface area contributed by atoms with E-state index in [-0.39, 0.29) is 24.4 Å². The van der Waals surface area contributed by atoms with E-state index in [1.807, 2.05) is 23.9 Å². The maximum atomic E-state index is 5.49. The van der Waals surface area contributed by atoms with E-state index < -0.39 is 0 Å². The van der Waals surface area contributed by atoms with Crippen LogP contribution in [0.1, 0.15) is 19.5 Å². The Hall–Kier alpha value is -0.653. The fraction of sp³-hybridized carbons (Fsp3) is 0.500. The number of aryl methyl sites for hydroxylation is 1. The minimum absolute atomic E-state index is 0. The van der Waals surface area contributed by atoms with Gasteiger partial charge in [0.05, 0.1) is 12.1 Å². The predicted octanol–water partition coefficient (Wildman–Crippen LogP) is -1.62. The molecule has 70 valence electrons. The Balaban J connectivity index is 0.000000980. The molecule has 0 spiro atoms. The van der Waals surface area contributed by atoms with E-state index in [0.29, 0.717) is 12.5 Å². The first-order valence-corrected chi connectivity index (χ1v) is 4.34. The number of ether oxygens (including phenoxy) is 1. The van der Waals surface area contributed by atoms with Crippen LogP contribution in [0.15, 0.2) is 17.3 Å². The SMILES string of the molecule is Cn1cc[c-]c1C1=NC(C)(C)CO1.[Li+]. The van der Waals surface area contributed by atoms with Crippen molar-refractivity contribution in [3.8, 4) is 0 Å². The minimum Gasteiger partial charge on any atom is -0.530 e. The summed E-state index contributed by atoms with van der Waals surface area (Å²) in [4.78, 5) is 4.47. The first-order chi connectivity index (χ1) is 6.08. The fourth-order valence-corrected chi connectivity index (χ4v) is 1.32. The Labute approximate surface area is 96.3 Å². The molecule has 3 nitrogen and oxygen atoms in total. The smallest absolute Gasteiger partial charge is 0.530 e. The summed E-state index contributed by atoms with van der Waals surface area (Å²) in [6, 6.07) is 4.96. The third-order valence-electron chi connectivity index (χ3n) is 2.04. The van der Waals surface area contributed by atoms with Crippen molar-refractivity contribution in [1.82, 2.24) is 4.57 Å². The van der Waals surface area contributed by atoms with Crippen molar-refractivity contribution in [2.45, 2.75) is 19.4 Å². The third kappa shape index (κ3) is 2.05. The molecule has 0 fully saturated rings. The summed E-state index contributed by atoms with van der Waals surface area (Å²) >= 11 is 0. The molecule has 0 amide bonds. The number of nitrogens with zero attached hydrogens (tertiary/aromatic N) is 2. The third-order valence-corrected chi connectivity index (χ3v) is 2.04. The van der Waals surface area contributed by atoms with E-state index >= 15 is 0 Å². The van der Waals surface area contributed by atoms with Gasteiger partial charge in [-0.15, -0.1) is 0 Å². The molecular formula is C10H13LiN2O. The summed E-state index contributed by atoms with van der Waals surface area (Å²) in [5, 5.41) is 0. The topological polar surface area (TPSA) is 26.5 Å². The maximum Gasteiger partial charge on any atom is 1.00 e. The van der Waals surface area contributed by atoms with Crippen molar-refractivity contribution >= 4 is 5.90 Å². The van der Waals surface area contributed by atoms with Crippen molar-refractivity contribution in [3.05, 3.63) is 24.0 Å². The zero-order chi connectivity index (χ0) is 9.47.